The van der Waals surface area contributed by atoms with Crippen molar-refractivity contribution in [2.45, 2.75) is 11.5 Å². The Hall–Kier alpha value is -2.40. The summed E-state index contributed by atoms with van der Waals surface area (Å²) >= 11 is 6.00. The molecule has 130 valence electrons. The molecule has 0 fully saturated rings. The lowest BCUT2D eigenvalue weighted by molar-refractivity contribution is 0.0472. The van der Waals surface area contributed by atoms with Crippen LogP contribution in [0.5, 0.6) is 0 Å². The first-order valence-corrected chi connectivity index (χ1v) is 8.95. The predicted octanol–water partition coefficient (Wildman–Crippen LogP) is 2.82. The number of ether oxygens (including phenoxy) is 1. The summed E-state index contributed by atoms with van der Waals surface area (Å²) in [5.41, 5.74) is 1.05. The van der Waals surface area contributed by atoms with E-state index in [0.717, 1.165) is 4.31 Å². The number of sulfonamides is 1. The van der Waals surface area contributed by atoms with Gasteiger partial charge in [-0.1, -0.05) is 23.7 Å². The molecular formula is C17H15ClN2O4S. The number of benzene rings is 2. The minimum atomic E-state index is -3.69. The minimum absolute atomic E-state index is 0.0407. The molecule has 0 atom stereocenters. The molecule has 0 amide bonds. The minimum Gasteiger partial charge on any atom is -0.457 e. The van der Waals surface area contributed by atoms with Crippen LogP contribution in [0.1, 0.15) is 21.5 Å². The first kappa shape index (κ1) is 18.9. The van der Waals surface area contributed by atoms with Gasteiger partial charge in [0.05, 0.1) is 27.1 Å². The summed E-state index contributed by atoms with van der Waals surface area (Å²) in [5.74, 6) is -0.747. The topological polar surface area (TPSA) is 87.5 Å². The number of carbonyl (C=O) groups excluding carboxylic acids is 1. The van der Waals surface area contributed by atoms with Gasteiger partial charge in [0.25, 0.3) is 0 Å². The second-order valence-corrected chi connectivity index (χ2v) is 7.88. The van der Waals surface area contributed by atoms with E-state index in [2.05, 4.69) is 0 Å². The molecule has 6 nitrogen and oxygen atoms in total. The second kappa shape index (κ2) is 7.66. The summed E-state index contributed by atoms with van der Waals surface area (Å²) in [6.07, 6.45) is 0. The fraction of sp³-hybridized carbons (Fsp3) is 0.176. The van der Waals surface area contributed by atoms with Gasteiger partial charge < -0.3 is 4.74 Å². The normalized spacial score (nSPS) is 11.2. The Morgan fingerprint density at radius 3 is 2.60 bits per heavy atom. The van der Waals surface area contributed by atoms with Crippen molar-refractivity contribution >= 4 is 27.6 Å². The number of esters is 1. The maximum atomic E-state index is 12.3. The van der Waals surface area contributed by atoms with Crippen LogP contribution in [0.25, 0.3) is 0 Å². The zero-order valence-corrected chi connectivity index (χ0v) is 15.1. The average molecular weight is 379 g/mol. The molecule has 0 radical (unpaired) electrons. The summed E-state index contributed by atoms with van der Waals surface area (Å²) in [6, 6.07) is 12.5. The van der Waals surface area contributed by atoms with E-state index in [0.29, 0.717) is 11.1 Å². The van der Waals surface area contributed by atoms with Gasteiger partial charge in [-0.3, -0.25) is 0 Å². The van der Waals surface area contributed by atoms with Crippen LogP contribution in [0.3, 0.4) is 0 Å². The summed E-state index contributed by atoms with van der Waals surface area (Å²) in [6.45, 7) is -0.0602. The van der Waals surface area contributed by atoms with Crippen molar-refractivity contribution < 1.29 is 17.9 Å². The van der Waals surface area contributed by atoms with Crippen LogP contribution in [-0.4, -0.2) is 32.8 Å². The lowest BCUT2D eigenvalue weighted by atomic mass is 10.1. The van der Waals surface area contributed by atoms with Crippen molar-refractivity contribution in [2.24, 2.45) is 0 Å². The molecule has 0 saturated carbocycles. The molecule has 0 spiro atoms. The van der Waals surface area contributed by atoms with Crippen LogP contribution >= 0.6 is 11.6 Å². The summed E-state index contributed by atoms with van der Waals surface area (Å²) in [7, 11) is -0.909. The highest BCUT2D eigenvalue weighted by Crippen LogP contribution is 2.23. The van der Waals surface area contributed by atoms with E-state index >= 15 is 0 Å². The lowest BCUT2D eigenvalue weighted by Gasteiger charge is -2.13. The van der Waals surface area contributed by atoms with E-state index in [1.54, 1.807) is 24.3 Å². The van der Waals surface area contributed by atoms with Gasteiger partial charge in [0.1, 0.15) is 6.61 Å². The third kappa shape index (κ3) is 4.37. The number of halogens is 1. The summed E-state index contributed by atoms with van der Waals surface area (Å²) in [5, 5.41) is 8.96. The van der Waals surface area contributed by atoms with E-state index in [1.165, 1.54) is 32.3 Å². The quantitative estimate of drug-likeness (QED) is 0.746. The van der Waals surface area contributed by atoms with Crippen molar-refractivity contribution in [1.82, 2.24) is 4.31 Å². The Bertz CT molecular complexity index is 949. The molecule has 0 aromatic heterocycles. The first-order chi connectivity index (χ1) is 11.8. The Morgan fingerprint density at radius 1 is 1.24 bits per heavy atom. The molecule has 0 saturated heterocycles. The van der Waals surface area contributed by atoms with Gasteiger partial charge in [0.15, 0.2) is 0 Å². The Kier molecular flexibility index (Phi) is 5.80. The van der Waals surface area contributed by atoms with E-state index in [4.69, 9.17) is 21.6 Å². The number of nitriles is 1. The summed E-state index contributed by atoms with van der Waals surface area (Å²) < 4.78 is 30.6. The van der Waals surface area contributed by atoms with E-state index in [1.807, 2.05) is 6.07 Å². The average Bonchev–Trinajstić information content (AvgIpc) is 2.59. The molecule has 0 aliphatic rings. The van der Waals surface area contributed by atoms with Crippen LogP contribution in [0.2, 0.25) is 5.02 Å². The third-order valence-electron chi connectivity index (χ3n) is 3.36. The van der Waals surface area contributed by atoms with Crippen LogP contribution < -0.4 is 0 Å². The van der Waals surface area contributed by atoms with E-state index < -0.39 is 16.0 Å². The Morgan fingerprint density at radius 2 is 1.96 bits per heavy atom. The number of rotatable bonds is 5. The Labute approximate surface area is 151 Å². The molecule has 0 N–H and O–H groups in total. The SMILES string of the molecule is CN(C)S(=O)(=O)c1ccc(Cl)c(C(=O)OCc2cccc(C#N)c2)c1. The van der Waals surface area contributed by atoms with Gasteiger partial charge in [-0.15, -0.1) is 0 Å². The van der Waals surface area contributed by atoms with E-state index in [-0.39, 0.29) is 22.1 Å². The van der Waals surface area contributed by atoms with Crippen molar-refractivity contribution in [1.29, 1.82) is 5.26 Å². The van der Waals surface area contributed by atoms with Gasteiger partial charge in [-0.25, -0.2) is 17.5 Å². The van der Waals surface area contributed by atoms with Gasteiger partial charge in [-0.2, -0.15) is 5.26 Å². The molecule has 0 aliphatic heterocycles. The van der Waals surface area contributed by atoms with Gasteiger partial charge in [0.2, 0.25) is 10.0 Å². The molecule has 0 unspecified atom stereocenters. The van der Waals surface area contributed by atoms with Gasteiger partial charge >= 0.3 is 5.97 Å². The summed E-state index contributed by atoms with van der Waals surface area (Å²) in [4.78, 5) is 12.2. The van der Waals surface area contributed by atoms with Crippen LogP contribution in [0.4, 0.5) is 0 Å². The molecule has 8 heteroatoms. The smallest absolute Gasteiger partial charge is 0.340 e. The van der Waals surface area contributed by atoms with Crippen LogP contribution in [-0.2, 0) is 21.4 Å². The highest BCUT2D eigenvalue weighted by molar-refractivity contribution is 7.89. The van der Waals surface area contributed by atoms with Crippen molar-refractivity contribution in [3.63, 3.8) is 0 Å². The van der Waals surface area contributed by atoms with Crippen molar-refractivity contribution in [3.05, 3.63) is 64.2 Å². The van der Waals surface area contributed by atoms with Crippen molar-refractivity contribution in [2.75, 3.05) is 14.1 Å². The standard InChI is InChI=1S/C17H15ClN2O4S/c1-20(2)25(22,23)14-6-7-16(18)15(9-14)17(21)24-11-13-5-3-4-12(8-13)10-19/h3-9H,11H2,1-2H3. The monoisotopic (exact) mass is 378 g/mol. The number of hydrogen-bond acceptors (Lipinski definition) is 5. The molecular weight excluding hydrogens is 364 g/mol. The lowest BCUT2D eigenvalue weighted by Crippen LogP contribution is -2.22. The third-order valence-corrected chi connectivity index (χ3v) is 5.50. The molecule has 2 aromatic carbocycles. The first-order valence-electron chi connectivity index (χ1n) is 7.14. The van der Waals surface area contributed by atoms with Gasteiger partial charge in [-0.05, 0) is 35.9 Å². The number of nitrogens with zero attached hydrogens (tertiary/aromatic N) is 2. The van der Waals surface area contributed by atoms with Crippen molar-refractivity contribution in [3.8, 4) is 6.07 Å². The fourth-order valence-corrected chi connectivity index (χ4v) is 3.11. The fourth-order valence-electron chi connectivity index (χ4n) is 1.99. The number of carbonyl (C=O) groups is 1. The maximum absolute atomic E-state index is 12.3. The van der Waals surface area contributed by atoms with Gasteiger partial charge in [0, 0.05) is 14.1 Å². The van der Waals surface area contributed by atoms with Crippen LogP contribution in [0.15, 0.2) is 47.4 Å². The van der Waals surface area contributed by atoms with Crippen LogP contribution in [0, 0.1) is 11.3 Å². The highest BCUT2D eigenvalue weighted by atomic mass is 35.5. The molecule has 0 bridgehead atoms. The maximum Gasteiger partial charge on any atom is 0.340 e. The molecule has 2 aromatic rings. The predicted molar refractivity (Wildman–Crippen MR) is 92.6 cm³/mol. The molecule has 2 rings (SSSR count). The highest BCUT2D eigenvalue weighted by Gasteiger charge is 2.21. The zero-order valence-electron chi connectivity index (χ0n) is 13.6. The molecule has 25 heavy (non-hydrogen) atoms. The Balaban J connectivity index is 2.23. The molecule has 0 heterocycles. The second-order valence-electron chi connectivity index (χ2n) is 5.32. The largest absolute Gasteiger partial charge is 0.457 e. The van der Waals surface area contributed by atoms with E-state index in [9.17, 15) is 13.2 Å². The molecule has 0 aliphatic carbocycles. The number of hydrogen-bond donors (Lipinski definition) is 0. The zero-order chi connectivity index (χ0) is 18.6.